The molecule has 0 N–H and O–H groups in total. The number of carbonyl (C=O) groups is 1. The Labute approximate surface area is 124 Å². The molecule has 1 fully saturated rings. The second kappa shape index (κ2) is 6.12. The average molecular weight is 284 g/mol. The van der Waals surface area contributed by atoms with Gasteiger partial charge in [-0.3, -0.25) is 4.79 Å². The molecule has 21 heavy (non-hydrogen) atoms. The molecule has 1 heterocycles. The van der Waals surface area contributed by atoms with E-state index in [4.69, 9.17) is 4.42 Å². The molecular formula is C17H20N2O2. The number of amides is 1. The highest BCUT2D eigenvalue weighted by Crippen LogP contribution is 2.22. The van der Waals surface area contributed by atoms with Crippen molar-refractivity contribution >= 4 is 23.1 Å². The number of oxazole rings is 1. The molecule has 4 heteroatoms. The minimum atomic E-state index is 0.0177. The van der Waals surface area contributed by atoms with Gasteiger partial charge in [0.05, 0.1) is 0 Å². The molecule has 1 aromatic heterocycles. The fourth-order valence-corrected chi connectivity index (χ4v) is 2.87. The summed E-state index contributed by atoms with van der Waals surface area (Å²) in [6, 6.07) is 7.96. The molecule has 0 unspecified atom stereocenters. The van der Waals surface area contributed by atoms with E-state index >= 15 is 0 Å². The topological polar surface area (TPSA) is 46.3 Å². The number of hydrogen-bond donors (Lipinski definition) is 0. The molecule has 110 valence electrons. The van der Waals surface area contributed by atoms with Crippen LogP contribution in [-0.2, 0) is 4.79 Å². The molecule has 0 radical (unpaired) electrons. The van der Waals surface area contributed by atoms with Crippen molar-refractivity contribution in [2.45, 2.75) is 38.1 Å². The van der Waals surface area contributed by atoms with Gasteiger partial charge in [0.15, 0.2) is 5.58 Å². The van der Waals surface area contributed by atoms with Gasteiger partial charge in [-0.25, -0.2) is 4.98 Å². The molecule has 1 aromatic carbocycles. The first-order valence-electron chi connectivity index (χ1n) is 7.54. The molecule has 3 rings (SSSR count). The van der Waals surface area contributed by atoms with Gasteiger partial charge in [0.25, 0.3) is 0 Å². The highest BCUT2D eigenvalue weighted by atomic mass is 16.3. The molecule has 0 aliphatic heterocycles. The second-order valence-corrected chi connectivity index (χ2v) is 5.59. The SMILES string of the molecule is CN(C(=O)/C=C/c1nc2ccccc2o1)C1CCCCC1. The third-order valence-electron chi connectivity index (χ3n) is 4.15. The van der Waals surface area contributed by atoms with Crippen molar-refractivity contribution in [2.24, 2.45) is 0 Å². The van der Waals surface area contributed by atoms with Gasteiger partial charge < -0.3 is 9.32 Å². The molecule has 0 bridgehead atoms. The van der Waals surface area contributed by atoms with Crippen LogP contribution in [0.2, 0.25) is 0 Å². The van der Waals surface area contributed by atoms with E-state index in [1.54, 1.807) is 12.2 Å². The van der Waals surface area contributed by atoms with E-state index in [9.17, 15) is 4.79 Å². The zero-order valence-electron chi connectivity index (χ0n) is 12.3. The van der Waals surface area contributed by atoms with Gasteiger partial charge in [0.2, 0.25) is 11.8 Å². The number of fused-ring (bicyclic) bond motifs is 1. The molecule has 2 aromatic rings. The summed E-state index contributed by atoms with van der Waals surface area (Å²) >= 11 is 0. The largest absolute Gasteiger partial charge is 0.437 e. The number of likely N-dealkylation sites (N-methyl/N-ethyl adjacent to an activating group) is 1. The van der Waals surface area contributed by atoms with Crippen LogP contribution in [0, 0.1) is 0 Å². The monoisotopic (exact) mass is 284 g/mol. The van der Waals surface area contributed by atoms with E-state index in [1.165, 1.54) is 19.3 Å². The van der Waals surface area contributed by atoms with Gasteiger partial charge in [-0.05, 0) is 25.0 Å². The van der Waals surface area contributed by atoms with Crippen LogP contribution in [0.3, 0.4) is 0 Å². The Hall–Kier alpha value is -2.10. The standard InChI is InChI=1S/C17H20N2O2/c1-19(13-7-3-2-4-8-13)17(20)12-11-16-18-14-9-5-6-10-15(14)21-16/h5-6,9-13H,2-4,7-8H2,1H3/b12-11+. The normalized spacial score (nSPS) is 16.6. The van der Waals surface area contributed by atoms with E-state index in [0.29, 0.717) is 11.9 Å². The van der Waals surface area contributed by atoms with Crippen molar-refractivity contribution in [3.63, 3.8) is 0 Å². The van der Waals surface area contributed by atoms with Gasteiger partial charge in [0.1, 0.15) is 5.52 Å². The summed E-state index contributed by atoms with van der Waals surface area (Å²) in [6.45, 7) is 0. The van der Waals surface area contributed by atoms with Gasteiger partial charge in [-0.15, -0.1) is 0 Å². The van der Waals surface area contributed by atoms with E-state index in [1.807, 2.05) is 36.2 Å². The predicted octanol–water partition coefficient (Wildman–Crippen LogP) is 3.63. The molecular weight excluding hydrogens is 264 g/mol. The quantitative estimate of drug-likeness (QED) is 0.808. The Morgan fingerprint density at radius 3 is 2.81 bits per heavy atom. The van der Waals surface area contributed by atoms with Crippen molar-refractivity contribution in [1.82, 2.24) is 9.88 Å². The van der Waals surface area contributed by atoms with Crippen LogP contribution in [0.5, 0.6) is 0 Å². The van der Waals surface area contributed by atoms with Crippen LogP contribution >= 0.6 is 0 Å². The zero-order chi connectivity index (χ0) is 14.7. The maximum Gasteiger partial charge on any atom is 0.246 e. The van der Waals surface area contributed by atoms with Crippen LogP contribution in [0.1, 0.15) is 38.0 Å². The van der Waals surface area contributed by atoms with Crippen molar-refractivity contribution in [2.75, 3.05) is 7.05 Å². The molecule has 4 nitrogen and oxygen atoms in total. The number of para-hydroxylation sites is 2. The molecule has 1 aliphatic rings. The second-order valence-electron chi connectivity index (χ2n) is 5.59. The Balaban J connectivity index is 1.68. The molecule has 1 amide bonds. The third kappa shape index (κ3) is 3.15. The number of rotatable bonds is 3. The minimum Gasteiger partial charge on any atom is -0.437 e. The van der Waals surface area contributed by atoms with Gasteiger partial charge >= 0.3 is 0 Å². The third-order valence-corrected chi connectivity index (χ3v) is 4.15. The molecule has 0 saturated heterocycles. The maximum atomic E-state index is 12.2. The van der Waals surface area contributed by atoms with Gasteiger partial charge in [-0.1, -0.05) is 31.4 Å². The lowest BCUT2D eigenvalue weighted by Crippen LogP contribution is -2.37. The summed E-state index contributed by atoms with van der Waals surface area (Å²) in [7, 11) is 1.88. The molecule has 1 aliphatic carbocycles. The lowest BCUT2D eigenvalue weighted by atomic mass is 9.94. The maximum absolute atomic E-state index is 12.2. The van der Waals surface area contributed by atoms with Crippen molar-refractivity contribution in [3.8, 4) is 0 Å². The van der Waals surface area contributed by atoms with Crippen molar-refractivity contribution in [3.05, 3.63) is 36.2 Å². The Kier molecular flexibility index (Phi) is 4.04. The summed E-state index contributed by atoms with van der Waals surface area (Å²) in [4.78, 5) is 18.4. The lowest BCUT2D eigenvalue weighted by Gasteiger charge is -2.30. The predicted molar refractivity (Wildman–Crippen MR) is 82.7 cm³/mol. The number of hydrogen-bond acceptors (Lipinski definition) is 3. The van der Waals surface area contributed by atoms with Gasteiger partial charge in [0, 0.05) is 25.2 Å². The fraction of sp³-hybridized carbons (Fsp3) is 0.412. The fourth-order valence-electron chi connectivity index (χ4n) is 2.87. The number of carbonyl (C=O) groups excluding carboxylic acids is 1. The van der Waals surface area contributed by atoms with E-state index < -0.39 is 0 Å². The van der Waals surface area contributed by atoms with Crippen LogP contribution in [0.15, 0.2) is 34.8 Å². The zero-order valence-corrected chi connectivity index (χ0v) is 12.3. The van der Waals surface area contributed by atoms with Crippen molar-refractivity contribution in [1.29, 1.82) is 0 Å². The summed E-state index contributed by atoms with van der Waals surface area (Å²) in [5.74, 6) is 0.491. The number of aromatic nitrogens is 1. The first-order chi connectivity index (χ1) is 10.2. The lowest BCUT2D eigenvalue weighted by molar-refractivity contribution is -0.127. The number of nitrogens with zero attached hydrogens (tertiary/aromatic N) is 2. The molecule has 1 saturated carbocycles. The van der Waals surface area contributed by atoms with Crippen LogP contribution in [-0.4, -0.2) is 28.9 Å². The van der Waals surface area contributed by atoms with E-state index in [-0.39, 0.29) is 5.91 Å². The summed E-state index contributed by atoms with van der Waals surface area (Å²) < 4.78 is 5.57. The Morgan fingerprint density at radius 2 is 2.05 bits per heavy atom. The highest BCUT2D eigenvalue weighted by molar-refractivity contribution is 5.91. The number of benzene rings is 1. The first kappa shape index (κ1) is 13.9. The molecule has 0 spiro atoms. The summed E-state index contributed by atoms with van der Waals surface area (Å²) in [5.41, 5.74) is 1.55. The van der Waals surface area contributed by atoms with Gasteiger partial charge in [-0.2, -0.15) is 0 Å². The first-order valence-corrected chi connectivity index (χ1v) is 7.54. The summed E-state index contributed by atoms with van der Waals surface area (Å²) in [6.07, 6.45) is 9.16. The van der Waals surface area contributed by atoms with Crippen molar-refractivity contribution < 1.29 is 9.21 Å². The van der Waals surface area contributed by atoms with E-state index in [0.717, 1.165) is 23.9 Å². The van der Waals surface area contributed by atoms with Crippen LogP contribution < -0.4 is 0 Å². The average Bonchev–Trinajstić information content (AvgIpc) is 2.95. The minimum absolute atomic E-state index is 0.0177. The van der Waals surface area contributed by atoms with E-state index in [2.05, 4.69) is 4.98 Å². The Morgan fingerprint density at radius 1 is 1.29 bits per heavy atom. The van der Waals surface area contributed by atoms with Crippen LogP contribution in [0.4, 0.5) is 0 Å². The smallest absolute Gasteiger partial charge is 0.246 e. The van der Waals surface area contributed by atoms with Crippen LogP contribution in [0.25, 0.3) is 17.2 Å². The molecule has 0 atom stereocenters. The summed E-state index contributed by atoms with van der Waals surface area (Å²) in [5, 5.41) is 0. The Bertz CT molecular complexity index is 621. The highest BCUT2D eigenvalue weighted by Gasteiger charge is 2.20.